The molecule has 1 aromatic rings. The van der Waals surface area contributed by atoms with Crippen molar-refractivity contribution in [1.29, 1.82) is 0 Å². The van der Waals surface area contributed by atoms with E-state index in [4.69, 9.17) is 11.6 Å². The summed E-state index contributed by atoms with van der Waals surface area (Å²) in [5.41, 5.74) is 0. The first kappa shape index (κ1) is 12.8. The standard InChI is InChI=1S/C13H16ClNOS/c1-2-12(13(16)15-10-5-6-10)17-11-7-3-9(14)4-8-11/h3-4,7-8,10,12H,2,5-6H2,1H3,(H,15,16)/t12-/m1/s1. The molecule has 0 spiro atoms. The van der Waals surface area contributed by atoms with E-state index >= 15 is 0 Å². The molecule has 0 saturated heterocycles. The molecule has 92 valence electrons. The molecule has 1 fully saturated rings. The number of amides is 1. The molecule has 0 radical (unpaired) electrons. The van der Waals surface area contributed by atoms with Gasteiger partial charge in [0.05, 0.1) is 5.25 Å². The van der Waals surface area contributed by atoms with Crippen LogP contribution in [0.25, 0.3) is 0 Å². The third kappa shape index (κ3) is 3.93. The number of halogens is 1. The number of nitrogens with one attached hydrogen (secondary N) is 1. The van der Waals surface area contributed by atoms with Crippen molar-refractivity contribution < 1.29 is 4.79 Å². The molecule has 1 aliphatic rings. The van der Waals surface area contributed by atoms with Gasteiger partial charge in [-0.25, -0.2) is 0 Å². The van der Waals surface area contributed by atoms with Crippen LogP contribution in [-0.2, 0) is 4.79 Å². The molecule has 2 rings (SSSR count). The van der Waals surface area contributed by atoms with E-state index in [-0.39, 0.29) is 11.2 Å². The minimum absolute atomic E-state index is 0.00299. The highest BCUT2D eigenvalue weighted by molar-refractivity contribution is 8.00. The second-order valence-electron chi connectivity index (χ2n) is 4.25. The Morgan fingerprint density at radius 2 is 2.12 bits per heavy atom. The Morgan fingerprint density at radius 1 is 1.47 bits per heavy atom. The summed E-state index contributed by atoms with van der Waals surface area (Å²) in [7, 11) is 0. The van der Waals surface area contributed by atoms with Gasteiger partial charge in [-0.15, -0.1) is 11.8 Å². The Hall–Kier alpha value is -0.670. The average molecular weight is 270 g/mol. The lowest BCUT2D eigenvalue weighted by atomic mass is 10.3. The Balaban J connectivity index is 1.93. The van der Waals surface area contributed by atoms with Gasteiger partial charge in [-0.1, -0.05) is 18.5 Å². The Morgan fingerprint density at radius 3 is 2.65 bits per heavy atom. The number of thioether (sulfide) groups is 1. The van der Waals surface area contributed by atoms with Crippen LogP contribution in [0.3, 0.4) is 0 Å². The first-order chi connectivity index (χ1) is 8.19. The van der Waals surface area contributed by atoms with Crippen LogP contribution in [-0.4, -0.2) is 17.2 Å². The minimum atomic E-state index is -0.00299. The molecule has 2 nitrogen and oxygen atoms in total. The van der Waals surface area contributed by atoms with E-state index in [1.807, 2.05) is 31.2 Å². The van der Waals surface area contributed by atoms with Gasteiger partial charge in [-0.3, -0.25) is 4.79 Å². The molecule has 17 heavy (non-hydrogen) atoms. The monoisotopic (exact) mass is 269 g/mol. The summed E-state index contributed by atoms with van der Waals surface area (Å²) in [6.07, 6.45) is 3.10. The lowest BCUT2D eigenvalue weighted by Gasteiger charge is -2.14. The van der Waals surface area contributed by atoms with E-state index in [0.29, 0.717) is 6.04 Å². The van der Waals surface area contributed by atoms with Crippen LogP contribution in [0.15, 0.2) is 29.2 Å². The zero-order chi connectivity index (χ0) is 12.3. The molecular formula is C13H16ClNOS. The van der Waals surface area contributed by atoms with E-state index < -0.39 is 0 Å². The number of benzene rings is 1. The molecule has 1 amide bonds. The third-order valence-electron chi connectivity index (χ3n) is 2.68. The molecule has 0 unspecified atom stereocenters. The minimum Gasteiger partial charge on any atom is -0.352 e. The first-order valence-electron chi connectivity index (χ1n) is 5.91. The molecule has 0 heterocycles. The number of carbonyl (C=O) groups is 1. The van der Waals surface area contributed by atoms with Crippen molar-refractivity contribution >= 4 is 29.3 Å². The largest absolute Gasteiger partial charge is 0.352 e. The van der Waals surface area contributed by atoms with E-state index in [0.717, 1.165) is 29.2 Å². The van der Waals surface area contributed by atoms with Crippen LogP contribution in [0.2, 0.25) is 5.02 Å². The number of hydrogen-bond donors (Lipinski definition) is 1. The number of hydrogen-bond acceptors (Lipinski definition) is 2. The molecule has 0 bridgehead atoms. The van der Waals surface area contributed by atoms with Gasteiger partial charge < -0.3 is 5.32 Å². The molecule has 0 aromatic heterocycles. The second-order valence-corrected chi connectivity index (χ2v) is 5.96. The predicted octanol–water partition coefficient (Wildman–Crippen LogP) is 3.49. The fourth-order valence-electron chi connectivity index (χ4n) is 1.52. The Kier molecular flexibility index (Phi) is 4.35. The van der Waals surface area contributed by atoms with E-state index in [2.05, 4.69) is 5.32 Å². The van der Waals surface area contributed by atoms with E-state index in [9.17, 15) is 4.79 Å². The summed E-state index contributed by atoms with van der Waals surface area (Å²) < 4.78 is 0. The molecule has 0 aliphatic heterocycles. The van der Waals surface area contributed by atoms with Crippen molar-refractivity contribution in [3.63, 3.8) is 0 Å². The van der Waals surface area contributed by atoms with Gasteiger partial charge in [-0.2, -0.15) is 0 Å². The lowest BCUT2D eigenvalue weighted by molar-refractivity contribution is -0.120. The highest BCUT2D eigenvalue weighted by atomic mass is 35.5. The molecule has 1 aliphatic carbocycles. The summed E-state index contributed by atoms with van der Waals surface area (Å²) >= 11 is 7.44. The Bertz CT molecular complexity index is 389. The smallest absolute Gasteiger partial charge is 0.233 e. The van der Waals surface area contributed by atoms with Gasteiger partial charge in [0.1, 0.15) is 0 Å². The molecule has 4 heteroatoms. The third-order valence-corrected chi connectivity index (χ3v) is 4.31. The van der Waals surface area contributed by atoms with Gasteiger partial charge in [0.25, 0.3) is 0 Å². The highest BCUT2D eigenvalue weighted by Gasteiger charge is 2.27. The summed E-state index contributed by atoms with van der Waals surface area (Å²) in [6, 6.07) is 8.06. The Labute approximate surface area is 111 Å². The van der Waals surface area contributed by atoms with Crippen LogP contribution in [0, 0.1) is 0 Å². The second kappa shape index (κ2) is 5.78. The van der Waals surface area contributed by atoms with Crippen molar-refractivity contribution in [2.45, 2.75) is 42.4 Å². The average Bonchev–Trinajstić information content (AvgIpc) is 3.12. The number of carbonyl (C=O) groups excluding carboxylic acids is 1. The van der Waals surface area contributed by atoms with Crippen molar-refractivity contribution in [3.8, 4) is 0 Å². The number of rotatable bonds is 5. The molecule has 1 N–H and O–H groups in total. The summed E-state index contributed by atoms with van der Waals surface area (Å²) in [5.74, 6) is 0.162. The van der Waals surface area contributed by atoms with Gasteiger partial charge in [0.15, 0.2) is 0 Å². The SMILES string of the molecule is CC[C@@H](Sc1ccc(Cl)cc1)C(=O)NC1CC1. The topological polar surface area (TPSA) is 29.1 Å². The van der Waals surface area contributed by atoms with Gasteiger partial charge >= 0.3 is 0 Å². The van der Waals surface area contributed by atoms with Crippen LogP contribution in [0.5, 0.6) is 0 Å². The van der Waals surface area contributed by atoms with Gasteiger partial charge in [0, 0.05) is 16.0 Å². The maximum atomic E-state index is 11.9. The van der Waals surface area contributed by atoms with Crippen molar-refractivity contribution in [2.75, 3.05) is 0 Å². The van der Waals surface area contributed by atoms with Crippen LogP contribution < -0.4 is 5.32 Å². The van der Waals surface area contributed by atoms with Crippen molar-refractivity contribution in [1.82, 2.24) is 5.32 Å². The van der Waals surface area contributed by atoms with Crippen LogP contribution in [0.4, 0.5) is 0 Å². The quantitative estimate of drug-likeness (QED) is 0.829. The van der Waals surface area contributed by atoms with E-state index in [1.165, 1.54) is 0 Å². The molecule has 1 aromatic carbocycles. The van der Waals surface area contributed by atoms with Crippen LogP contribution in [0.1, 0.15) is 26.2 Å². The van der Waals surface area contributed by atoms with E-state index in [1.54, 1.807) is 11.8 Å². The van der Waals surface area contributed by atoms with Gasteiger partial charge in [-0.05, 0) is 43.5 Å². The maximum Gasteiger partial charge on any atom is 0.233 e. The fraction of sp³-hybridized carbons (Fsp3) is 0.462. The van der Waals surface area contributed by atoms with Crippen molar-refractivity contribution in [3.05, 3.63) is 29.3 Å². The first-order valence-corrected chi connectivity index (χ1v) is 7.17. The molecule has 1 saturated carbocycles. The zero-order valence-corrected chi connectivity index (χ0v) is 11.4. The molecule has 1 atom stereocenters. The maximum absolute atomic E-state index is 11.9. The van der Waals surface area contributed by atoms with Gasteiger partial charge in [0.2, 0.25) is 5.91 Å². The van der Waals surface area contributed by atoms with Crippen molar-refractivity contribution in [2.24, 2.45) is 0 Å². The lowest BCUT2D eigenvalue weighted by Crippen LogP contribution is -2.33. The fourth-order valence-corrected chi connectivity index (χ4v) is 2.61. The summed E-state index contributed by atoms with van der Waals surface area (Å²) in [5, 5.41) is 3.77. The highest BCUT2D eigenvalue weighted by Crippen LogP contribution is 2.28. The van der Waals surface area contributed by atoms with Crippen LogP contribution >= 0.6 is 23.4 Å². The summed E-state index contributed by atoms with van der Waals surface area (Å²) in [4.78, 5) is 13.0. The zero-order valence-electron chi connectivity index (χ0n) is 9.78. The predicted molar refractivity (Wildman–Crippen MR) is 72.6 cm³/mol. The molecular weight excluding hydrogens is 254 g/mol. The normalized spacial score (nSPS) is 16.6. The summed E-state index contributed by atoms with van der Waals surface area (Å²) in [6.45, 7) is 2.04.